The van der Waals surface area contributed by atoms with Gasteiger partial charge in [-0.15, -0.1) is 12.6 Å². The second-order valence-electron chi connectivity index (χ2n) is 3.90. The lowest BCUT2D eigenvalue weighted by Crippen LogP contribution is -2.45. The van der Waals surface area contributed by atoms with Gasteiger partial charge >= 0.3 is 0 Å². The monoisotopic (exact) mass is 282 g/mol. The summed E-state index contributed by atoms with van der Waals surface area (Å²) in [5.41, 5.74) is 0.405. The minimum Gasteiger partial charge on any atom is -0.360 e. The number of carbonyl (C=O) groups excluding carboxylic acids is 1. The maximum atomic E-state index is 12.3. The average molecular weight is 283 g/mol. The Bertz CT molecular complexity index is 515. The van der Waals surface area contributed by atoms with Gasteiger partial charge in [0.15, 0.2) is 6.10 Å². The molecular formula is C12H11ClN2O2S. The molecule has 0 spiro atoms. The Morgan fingerprint density at radius 2 is 2.39 bits per heavy atom. The van der Waals surface area contributed by atoms with Crippen LogP contribution in [0, 0.1) is 11.3 Å². The lowest BCUT2D eigenvalue weighted by molar-refractivity contribution is 0.00346. The van der Waals surface area contributed by atoms with Crippen LogP contribution in [0.5, 0.6) is 0 Å². The summed E-state index contributed by atoms with van der Waals surface area (Å²) in [4.78, 5) is 14.5. The molecular weight excluding hydrogens is 272 g/mol. The van der Waals surface area contributed by atoms with Gasteiger partial charge in [0, 0.05) is 11.4 Å². The molecule has 2 rings (SSSR count). The first-order valence-corrected chi connectivity index (χ1v) is 6.23. The number of halogens is 1. The molecule has 1 aromatic carbocycles. The van der Waals surface area contributed by atoms with E-state index in [4.69, 9.17) is 21.6 Å². The number of rotatable bonds is 1. The molecule has 0 N–H and O–H groups in total. The zero-order valence-electron chi connectivity index (χ0n) is 9.47. The Hall–Kier alpha value is -1.22. The third-order valence-electron chi connectivity index (χ3n) is 2.68. The third-order valence-corrected chi connectivity index (χ3v) is 3.29. The van der Waals surface area contributed by atoms with E-state index < -0.39 is 6.10 Å². The van der Waals surface area contributed by atoms with Gasteiger partial charge in [-0.2, -0.15) is 5.26 Å². The summed E-state index contributed by atoms with van der Waals surface area (Å²) in [6.45, 7) is 1.09. The Labute approximate surface area is 116 Å². The molecule has 0 bridgehead atoms. The van der Waals surface area contributed by atoms with Crippen molar-refractivity contribution in [1.82, 2.24) is 4.90 Å². The SMILES string of the molecule is N#CC1CN(C(=O)c2cc(S)ccc2Cl)CCO1. The zero-order chi connectivity index (χ0) is 13.1. The van der Waals surface area contributed by atoms with Crippen LogP contribution in [-0.2, 0) is 4.74 Å². The molecule has 0 aliphatic carbocycles. The van der Waals surface area contributed by atoms with Crippen molar-refractivity contribution in [3.05, 3.63) is 28.8 Å². The topological polar surface area (TPSA) is 53.3 Å². The number of hydrogen-bond acceptors (Lipinski definition) is 4. The fourth-order valence-corrected chi connectivity index (χ4v) is 2.16. The van der Waals surface area contributed by atoms with Crippen LogP contribution < -0.4 is 0 Å². The normalized spacial score (nSPS) is 19.4. The molecule has 1 fully saturated rings. The smallest absolute Gasteiger partial charge is 0.255 e. The highest BCUT2D eigenvalue weighted by Gasteiger charge is 2.26. The lowest BCUT2D eigenvalue weighted by Gasteiger charge is -2.30. The summed E-state index contributed by atoms with van der Waals surface area (Å²) >= 11 is 10.2. The number of hydrogen-bond donors (Lipinski definition) is 1. The van der Waals surface area contributed by atoms with Crippen LogP contribution >= 0.6 is 24.2 Å². The summed E-state index contributed by atoms with van der Waals surface area (Å²) in [5.74, 6) is -0.195. The minimum absolute atomic E-state index is 0.195. The number of carbonyl (C=O) groups is 1. The van der Waals surface area contributed by atoms with Crippen molar-refractivity contribution in [2.24, 2.45) is 0 Å². The highest BCUT2D eigenvalue weighted by atomic mass is 35.5. The van der Waals surface area contributed by atoms with Crippen molar-refractivity contribution in [1.29, 1.82) is 5.26 Å². The van der Waals surface area contributed by atoms with Crippen LogP contribution in [0.15, 0.2) is 23.1 Å². The second-order valence-corrected chi connectivity index (χ2v) is 4.83. The van der Waals surface area contributed by atoms with E-state index in [0.29, 0.717) is 28.6 Å². The van der Waals surface area contributed by atoms with E-state index in [-0.39, 0.29) is 12.5 Å². The second kappa shape index (κ2) is 5.61. The number of thiol groups is 1. The van der Waals surface area contributed by atoms with Gasteiger partial charge in [-0.3, -0.25) is 4.79 Å². The summed E-state index contributed by atoms with van der Waals surface area (Å²) in [6, 6.07) is 6.99. The van der Waals surface area contributed by atoms with Crippen LogP contribution in [0.1, 0.15) is 10.4 Å². The fraction of sp³-hybridized carbons (Fsp3) is 0.333. The molecule has 1 amide bonds. The van der Waals surface area contributed by atoms with Gasteiger partial charge in [0.2, 0.25) is 0 Å². The van der Waals surface area contributed by atoms with E-state index in [1.54, 1.807) is 23.1 Å². The minimum atomic E-state index is -0.569. The molecule has 1 unspecified atom stereocenters. The summed E-state index contributed by atoms with van der Waals surface area (Å²) in [7, 11) is 0. The van der Waals surface area contributed by atoms with E-state index in [2.05, 4.69) is 12.6 Å². The number of ether oxygens (including phenoxy) is 1. The Kier molecular flexibility index (Phi) is 4.12. The molecule has 4 nitrogen and oxygen atoms in total. The zero-order valence-corrected chi connectivity index (χ0v) is 11.1. The number of nitriles is 1. The fourth-order valence-electron chi connectivity index (χ4n) is 1.76. The summed E-state index contributed by atoms with van der Waals surface area (Å²) < 4.78 is 5.19. The first-order valence-electron chi connectivity index (χ1n) is 5.41. The van der Waals surface area contributed by atoms with E-state index in [1.165, 1.54) is 0 Å². The van der Waals surface area contributed by atoms with Gasteiger partial charge in [0.1, 0.15) is 0 Å². The van der Waals surface area contributed by atoms with E-state index >= 15 is 0 Å². The predicted molar refractivity (Wildman–Crippen MR) is 70.0 cm³/mol. The predicted octanol–water partition coefficient (Wildman–Crippen LogP) is 1.99. The summed E-state index contributed by atoms with van der Waals surface area (Å²) in [5, 5.41) is 9.20. The number of nitrogens with zero attached hydrogens (tertiary/aromatic N) is 2. The molecule has 1 atom stereocenters. The first-order chi connectivity index (χ1) is 8.61. The maximum Gasteiger partial charge on any atom is 0.255 e. The highest BCUT2D eigenvalue weighted by Crippen LogP contribution is 2.22. The Balaban J connectivity index is 2.21. The summed E-state index contributed by atoms with van der Waals surface area (Å²) in [6.07, 6.45) is -0.569. The molecule has 1 aliphatic rings. The molecule has 6 heteroatoms. The molecule has 1 aliphatic heterocycles. The van der Waals surface area contributed by atoms with Gasteiger partial charge < -0.3 is 9.64 Å². The van der Waals surface area contributed by atoms with Crippen molar-refractivity contribution < 1.29 is 9.53 Å². The first kappa shape index (κ1) is 13.2. The van der Waals surface area contributed by atoms with Gasteiger partial charge in [-0.1, -0.05) is 11.6 Å². The molecule has 1 aromatic rings. The van der Waals surface area contributed by atoms with Crippen molar-refractivity contribution in [2.75, 3.05) is 19.7 Å². The van der Waals surface area contributed by atoms with Gasteiger partial charge in [0.05, 0.1) is 29.8 Å². The van der Waals surface area contributed by atoms with Crippen molar-refractivity contribution in [3.63, 3.8) is 0 Å². The van der Waals surface area contributed by atoms with Gasteiger partial charge in [0.25, 0.3) is 5.91 Å². The quantitative estimate of drug-likeness (QED) is 0.802. The van der Waals surface area contributed by atoms with Crippen LogP contribution in [0.25, 0.3) is 0 Å². The molecule has 0 saturated carbocycles. The van der Waals surface area contributed by atoms with Crippen molar-refractivity contribution in [3.8, 4) is 6.07 Å². The molecule has 1 saturated heterocycles. The Morgan fingerprint density at radius 3 is 3.11 bits per heavy atom. The molecule has 1 heterocycles. The molecule has 94 valence electrons. The Morgan fingerprint density at radius 1 is 1.61 bits per heavy atom. The van der Waals surface area contributed by atoms with Crippen molar-refractivity contribution >= 4 is 30.1 Å². The van der Waals surface area contributed by atoms with Crippen LogP contribution in [0.3, 0.4) is 0 Å². The average Bonchev–Trinajstić information content (AvgIpc) is 2.41. The van der Waals surface area contributed by atoms with Crippen LogP contribution in [0.4, 0.5) is 0 Å². The van der Waals surface area contributed by atoms with Crippen molar-refractivity contribution in [2.45, 2.75) is 11.0 Å². The van der Waals surface area contributed by atoms with E-state index in [9.17, 15) is 4.79 Å². The number of benzene rings is 1. The standard InChI is InChI=1S/C12H11ClN2O2S/c13-11-2-1-9(18)5-10(11)12(16)15-3-4-17-8(6-14)7-15/h1-2,5,8,18H,3-4,7H2. The van der Waals surface area contributed by atoms with E-state index in [1.807, 2.05) is 6.07 Å². The highest BCUT2D eigenvalue weighted by molar-refractivity contribution is 7.80. The van der Waals surface area contributed by atoms with Gasteiger partial charge in [-0.05, 0) is 18.2 Å². The van der Waals surface area contributed by atoms with E-state index in [0.717, 1.165) is 0 Å². The number of morpholine rings is 1. The van der Waals surface area contributed by atoms with Crippen LogP contribution in [-0.4, -0.2) is 36.6 Å². The van der Waals surface area contributed by atoms with Gasteiger partial charge in [-0.25, -0.2) is 0 Å². The molecule has 0 radical (unpaired) electrons. The largest absolute Gasteiger partial charge is 0.360 e. The number of amides is 1. The maximum absolute atomic E-state index is 12.3. The van der Waals surface area contributed by atoms with Crippen LogP contribution in [0.2, 0.25) is 5.02 Å². The molecule has 18 heavy (non-hydrogen) atoms. The lowest BCUT2D eigenvalue weighted by atomic mass is 10.1. The third kappa shape index (κ3) is 2.78. The molecule has 0 aromatic heterocycles.